The standard InChI is InChI=1S/C24H38N4O2.HI/c1-18(2)17-30-22-11-9-19(10-12-22)15-26-24(25-3)27-21-13-14-28(16-21)23(29)20-7-5-4-6-8-20;/h9-12,18,20-21H,4-8,13-17H2,1-3H3,(H2,25,26,27);1H. The van der Waals surface area contributed by atoms with Crippen molar-refractivity contribution < 1.29 is 9.53 Å². The van der Waals surface area contributed by atoms with Crippen LogP contribution in [0.3, 0.4) is 0 Å². The number of carbonyl (C=O) groups is 1. The summed E-state index contributed by atoms with van der Waals surface area (Å²) in [7, 11) is 1.79. The molecule has 0 radical (unpaired) electrons. The van der Waals surface area contributed by atoms with E-state index in [9.17, 15) is 4.79 Å². The lowest BCUT2D eigenvalue weighted by Gasteiger charge is -2.26. The van der Waals surface area contributed by atoms with Gasteiger partial charge in [-0.2, -0.15) is 0 Å². The molecular formula is C24H39IN4O2. The SMILES string of the molecule is CN=C(NCc1ccc(OCC(C)C)cc1)NC1CCN(C(=O)C2CCCCC2)C1.I. The van der Waals surface area contributed by atoms with Gasteiger partial charge in [-0.25, -0.2) is 0 Å². The Hall–Kier alpha value is -1.51. The lowest BCUT2D eigenvalue weighted by molar-refractivity contribution is -0.135. The molecule has 3 rings (SSSR count). The summed E-state index contributed by atoms with van der Waals surface area (Å²) in [6.07, 6.45) is 6.79. The van der Waals surface area contributed by atoms with E-state index < -0.39 is 0 Å². The largest absolute Gasteiger partial charge is 0.493 e. The minimum atomic E-state index is 0. The van der Waals surface area contributed by atoms with Crippen molar-refractivity contribution in [1.82, 2.24) is 15.5 Å². The van der Waals surface area contributed by atoms with Crippen molar-refractivity contribution >= 4 is 35.8 Å². The molecule has 7 heteroatoms. The molecule has 2 fully saturated rings. The highest BCUT2D eigenvalue weighted by Gasteiger charge is 2.31. The molecule has 1 atom stereocenters. The van der Waals surface area contributed by atoms with Crippen molar-refractivity contribution in [3.63, 3.8) is 0 Å². The van der Waals surface area contributed by atoms with Crippen LogP contribution in [0.4, 0.5) is 0 Å². The van der Waals surface area contributed by atoms with Crippen molar-refractivity contribution in [3.8, 4) is 5.75 Å². The van der Waals surface area contributed by atoms with E-state index in [0.717, 1.165) is 50.7 Å². The highest BCUT2D eigenvalue weighted by atomic mass is 127. The van der Waals surface area contributed by atoms with Crippen molar-refractivity contribution in [3.05, 3.63) is 29.8 Å². The normalized spacial score (nSPS) is 19.8. The summed E-state index contributed by atoms with van der Waals surface area (Å²) < 4.78 is 5.74. The quantitative estimate of drug-likeness (QED) is 0.308. The summed E-state index contributed by atoms with van der Waals surface area (Å²) >= 11 is 0. The number of ether oxygens (including phenoxy) is 1. The molecule has 1 aromatic carbocycles. The van der Waals surface area contributed by atoms with Crippen LogP contribution in [0.5, 0.6) is 5.75 Å². The number of benzene rings is 1. The molecule has 1 saturated heterocycles. The Balaban J connectivity index is 0.00000341. The molecule has 2 N–H and O–H groups in total. The minimum Gasteiger partial charge on any atom is -0.493 e. The van der Waals surface area contributed by atoms with E-state index in [2.05, 4.69) is 46.5 Å². The first-order valence-corrected chi connectivity index (χ1v) is 11.5. The maximum absolute atomic E-state index is 12.8. The van der Waals surface area contributed by atoms with E-state index in [0.29, 0.717) is 18.4 Å². The number of rotatable bonds is 7. The van der Waals surface area contributed by atoms with Gasteiger partial charge in [0.05, 0.1) is 6.61 Å². The third-order valence-electron chi connectivity index (χ3n) is 5.99. The maximum Gasteiger partial charge on any atom is 0.225 e. The van der Waals surface area contributed by atoms with Gasteiger partial charge in [-0.15, -0.1) is 24.0 Å². The van der Waals surface area contributed by atoms with E-state index in [-0.39, 0.29) is 35.9 Å². The topological polar surface area (TPSA) is 66.0 Å². The van der Waals surface area contributed by atoms with Crippen LogP contribution in [0.15, 0.2) is 29.3 Å². The number of hydrogen-bond donors (Lipinski definition) is 2. The lowest BCUT2D eigenvalue weighted by Crippen LogP contribution is -2.45. The third kappa shape index (κ3) is 8.16. The van der Waals surface area contributed by atoms with Crippen LogP contribution in [-0.4, -0.2) is 49.6 Å². The van der Waals surface area contributed by atoms with Gasteiger partial charge in [0.2, 0.25) is 5.91 Å². The van der Waals surface area contributed by atoms with Crippen LogP contribution in [0, 0.1) is 11.8 Å². The van der Waals surface area contributed by atoms with Crippen LogP contribution in [0.1, 0.15) is 57.9 Å². The lowest BCUT2D eigenvalue weighted by atomic mass is 9.88. The highest BCUT2D eigenvalue weighted by Crippen LogP contribution is 2.26. The van der Waals surface area contributed by atoms with Gasteiger partial charge in [0.15, 0.2) is 5.96 Å². The number of carbonyl (C=O) groups excluding carboxylic acids is 1. The molecule has 0 spiro atoms. The van der Waals surface area contributed by atoms with Crippen molar-refractivity contribution in [2.24, 2.45) is 16.8 Å². The Labute approximate surface area is 204 Å². The summed E-state index contributed by atoms with van der Waals surface area (Å²) in [5, 5.41) is 6.87. The van der Waals surface area contributed by atoms with Crippen LogP contribution in [0.2, 0.25) is 0 Å². The second-order valence-corrected chi connectivity index (χ2v) is 9.02. The number of amides is 1. The fraction of sp³-hybridized carbons (Fsp3) is 0.667. The van der Waals surface area contributed by atoms with Gasteiger partial charge in [-0.1, -0.05) is 45.2 Å². The Morgan fingerprint density at radius 1 is 1.16 bits per heavy atom. The molecule has 1 saturated carbocycles. The van der Waals surface area contributed by atoms with Crippen LogP contribution < -0.4 is 15.4 Å². The number of halogens is 1. The zero-order valence-electron chi connectivity index (χ0n) is 19.2. The molecule has 2 aliphatic rings. The van der Waals surface area contributed by atoms with Crippen molar-refractivity contribution in [2.45, 2.75) is 65.0 Å². The second-order valence-electron chi connectivity index (χ2n) is 9.02. The zero-order valence-corrected chi connectivity index (χ0v) is 21.6. The Morgan fingerprint density at radius 3 is 2.52 bits per heavy atom. The Morgan fingerprint density at radius 2 is 1.87 bits per heavy atom. The summed E-state index contributed by atoms with van der Waals surface area (Å²) in [5.74, 6) is 2.82. The number of aliphatic imine (C=N–C) groups is 1. The molecule has 1 aromatic rings. The predicted molar refractivity (Wildman–Crippen MR) is 137 cm³/mol. The van der Waals surface area contributed by atoms with Crippen LogP contribution in [-0.2, 0) is 11.3 Å². The molecule has 0 bridgehead atoms. The number of hydrogen-bond acceptors (Lipinski definition) is 3. The van der Waals surface area contributed by atoms with Crippen LogP contribution >= 0.6 is 24.0 Å². The smallest absolute Gasteiger partial charge is 0.225 e. The third-order valence-corrected chi connectivity index (χ3v) is 5.99. The Kier molecular flexibility index (Phi) is 10.9. The Bertz CT molecular complexity index is 702. The van der Waals surface area contributed by atoms with Crippen molar-refractivity contribution in [2.75, 3.05) is 26.7 Å². The molecule has 1 aliphatic carbocycles. The van der Waals surface area contributed by atoms with Gasteiger partial charge < -0.3 is 20.3 Å². The van der Waals surface area contributed by atoms with E-state index in [1.165, 1.54) is 24.8 Å². The fourth-order valence-electron chi connectivity index (χ4n) is 4.23. The average Bonchev–Trinajstić information content (AvgIpc) is 3.24. The number of nitrogens with one attached hydrogen (secondary N) is 2. The van der Waals surface area contributed by atoms with E-state index in [1.807, 2.05) is 12.1 Å². The highest BCUT2D eigenvalue weighted by molar-refractivity contribution is 14.0. The monoisotopic (exact) mass is 542 g/mol. The van der Waals surface area contributed by atoms with Crippen LogP contribution in [0.25, 0.3) is 0 Å². The van der Waals surface area contributed by atoms with Gasteiger partial charge in [-0.3, -0.25) is 9.79 Å². The molecule has 1 unspecified atom stereocenters. The minimum absolute atomic E-state index is 0. The summed E-state index contributed by atoms with van der Waals surface area (Å²) in [4.78, 5) is 19.2. The average molecular weight is 543 g/mol. The molecule has 1 amide bonds. The summed E-state index contributed by atoms with van der Waals surface area (Å²) in [6, 6.07) is 8.45. The second kappa shape index (κ2) is 13.1. The first kappa shape index (κ1) is 25.7. The van der Waals surface area contributed by atoms with Gasteiger partial charge in [-0.05, 0) is 42.9 Å². The fourth-order valence-corrected chi connectivity index (χ4v) is 4.23. The van der Waals surface area contributed by atoms with E-state index in [1.54, 1.807) is 7.05 Å². The maximum atomic E-state index is 12.8. The first-order chi connectivity index (χ1) is 14.5. The van der Waals surface area contributed by atoms with Gasteiger partial charge in [0.1, 0.15) is 5.75 Å². The molecule has 1 heterocycles. The van der Waals surface area contributed by atoms with Gasteiger partial charge in [0.25, 0.3) is 0 Å². The number of likely N-dealkylation sites (tertiary alicyclic amines) is 1. The predicted octanol–water partition coefficient (Wildman–Crippen LogP) is 4.19. The van der Waals surface area contributed by atoms with E-state index in [4.69, 9.17) is 4.74 Å². The van der Waals surface area contributed by atoms with Gasteiger partial charge >= 0.3 is 0 Å². The molecule has 0 aromatic heterocycles. The molecule has 174 valence electrons. The first-order valence-electron chi connectivity index (χ1n) is 11.5. The molecular weight excluding hydrogens is 503 g/mol. The number of nitrogens with zero attached hydrogens (tertiary/aromatic N) is 2. The molecule has 31 heavy (non-hydrogen) atoms. The summed E-state index contributed by atoms with van der Waals surface area (Å²) in [5.41, 5.74) is 1.18. The molecule has 6 nitrogen and oxygen atoms in total. The zero-order chi connectivity index (χ0) is 21.3. The van der Waals surface area contributed by atoms with Crippen molar-refractivity contribution in [1.29, 1.82) is 0 Å². The summed E-state index contributed by atoms with van der Waals surface area (Å²) in [6.45, 7) is 7.34. The molecule has 1 aliphatic heterocycles. The number of guanidine groups is 1. The van der Waals surface area contributed by atoms with Gasteiger partial charge in [0, 0.05) is 38.6 Å². The van der Waals surface area contributed by atoms with E-state index >= 15 is 0 Å².